The maximum absolute atomic E-state index is 13.0. The molecule has 0 unspecified atom stereocenters. The van der Waals surface area contributed by atoms with Crippen molar-refractivity contribution in [2.45, 2.75) is 46.1 Å². The van der Waals surface area contributed by atoms with E-state index >= 15 is 0 Å². The summed E-state index contributed by atoms with van der Waals surface area (Å²) < 4.78 is 18.9. The Labute approximate surface area is 173 Å². The first-order valence-electron chi connectivity index (χ1n) is 9.55. The first kappa shape index (κ1) is 22.5. The highest BCUT2D eigenvalue weighted by atomic mass is 32.1. The minimum absolute atomic E-state index is 0.00464. The second-order valence-electron chi connectivity index (χ2n) is 6.82. The van der Waals surface area contributed by atoms with Crippen LogP contribution in [-0.2, 0) is 11.3 Å². The number of nitrogens with zero attached hydrogens (tertiary/aromatic N) is 2. The van der Waals surface area contributed by atoms with Crippen LogP contribution in [0.15, 0.2) is 33.5 Å². The summed E-state index contributed by atoms with van der Waals surface area (Å²) in [5.74, 6) is -1.26. The molecular weight excluding hydrogens is 397 g/mol. The molecule has 0 fully saturated rings. The van der Waals surface area contributed by atoms with Crippen molar-refractivity contribution < 1.29 is 13.6 Å². The molecule has 29 heavy (non-hydrogen) atoms. The molecule has 0 radical (unpaired) electrons. The Hall–Kier alpha value is -2.75. The number of carbonyl (C=O) groups excluding carboxylic acids is 1. The highest BCUT2D eigenvalue weighted by Gasteiger charge is 2.13. The molecule has 10 heteroatoms. The summed E-state index contributed by atoms with van der Waals surface area (Å²) in [6.45, 7) is 4.66. The lowest BCUT2D eigenvalue weighted by molar-refractivity contribution is -0.122. The fourth-order valence-corrected chi connectivity index (χ4v) is 2.71. The second kappa shape index (κ2) is 11.3. The SMILES string of the molecule is CCCCC[C@@H](C)CNC(=S)NNC(=O)Cn1nc(-c2ccc(F)cc2)oc1=O. The van der Waals surface area contributed by atoms with E-state index in [1.54, 1.807) is 0 Å². The third kappa shape index (κ3) is 7.65. The molecule has 3 N–H and O–H groups in total. The normalized spacial score (nSPS) is 11.7. The van der Waals surface area contributed by atoms with Crippen LogP contribution in [0.25, 0.3) is 11.5 Å². The average molecular weight is 424 g/mol. The van der Waals surface area contributed by atoms with E-state index in [4.69, 9.17) is 16.6 Å². The maximum Gasteiger partial charge on any atom is 0.437 e. The van der Waals surface area contributed by atoms with Crippen LogP contribution in [-0.4, -0.2) is 27.3 Å². The van der Waals surface area contributed by atoms with Crippen molar-refractivity contribution in [3.63, 3.8) is 0 Å². The number of hydrazine groups is 1. The quantitative estimate of drug-likeness (QED) is 0.323. The van der Waals surface area contributed by atoms with Gasteiger partial charge in [0.2, 0.25) is 5.89 Å². The van der Waals surface area contributed by atoms with Crippen molar-refractivity contribution in [1.82, 2.24) is 25.9 Å². The molecule has 2 rings (SSSR count). The minimum atomic E-state index is -0.791. The van der Waals surface area contributed by atoms with Crippen molar-refractivity contribution in [3.05, 3.63) is 40.6 Å². The topological polar surface area (TPSA) is 101 Å². The molecule has 0 aliphatic carbocycles. The van der Waals surface area contributed by atoms with Gasteiger partial charge < -0.3 is 9.73 Å². The third-order valence-corrected chi connectivity index (χ3v) is 4.46. The summed E-state index contributed by atoms with van der Waals surface area (Å²) in [5, 5.41) is 7.28. The molecule has 1 aromatic carbocycles. The molecule has 0 bridgehead atoms. The number of benzene rings is 1. The van der Waals surface area contributed by atoms with Gasteiger partial charge in [0, 0.05) is 12.1 Å². The number of halogens is 1. The number of hydrogen-bond donors (Lipinski definition) is 3. The first-order chi connectivity index (χ1) is 13.9. The van der Waals surface area contributed by atoms with Gasteiger partial charge in [0.15, 0.2) is 5.11 Å². The Morgan fingerprint density at radius 3 is 2.69 bits per heavy atom. The molecule has 0 saturated heterocycles. The molecule has 0 saturated carbocycles. The van der Waals surface area contributed by atoms with E-state index in [2.05, 4.69) is 35.1 Å². The van der Waals surface area contributed by atoms with Gasteiger partial charge in [0.05, 0.1) is 0 Å². The van der Waals surface area contributed by atoms with Gasteiger partial charge >= 0.3 is 5.76 Å². The molecule has 158 valence electrons. The second-order valence-corrected chi connectivity index (χ2v) is 7.23. The van der Waals surface area contributed by atoms with E-state index in [0.29, 0.717) is 23.1 Å². The monoisotopic (exact) mass is 423 g/mol. The van der Waals surface area contributed by atoms with Gasteiger partial charge in [-0.3, -0.25) is 15.6 Å². The van der Waals surface area contributed by atoms with Gasteiger partial charge in [0.25, 0.3) is 5.91 Å². The lowest BCUT2D eigenvalue weighted by atomic mass is 10.0. The van der Waals surface area contributed by atoms with Gasteiger partial charge in [-0.05, 0) is 48.8 Å². The number of nitrogens with one attached hydrogen (secondary N) is 3. The van der Waals surface area contributed by atoms with Crippen molar-refractivity contribution in [2.24, 2.45) is 5.92 Å². The zero-order chi connectivity index (χ0) is 21.2. The summed E-state index contributed by atoms with van der Waals surface area (Å²) >= 11 is 5.12. The maximum atomic E-state index is 13.0. The first-order valence-corrected chi connectivity index (χ1v) is 9.96. The van der Waals surface area contributed by atoms with Crippen LogP contribution in [0, 0.1) is 11.7 Å². The van der Waals surface area contributed by atoms with Crippen LogP contribution >= 0.6 is 12.2 Å². The summed E-state index contributed by atoms with van der Waals surface area (Å²) in [7, 11) is 0. The number of aromatic nitrogens is 2. The fraction of sp³-hybridized carbons (Fsp3) is 0.474. The summed E-state index contributed by atoms with van der Waals surface area (Å²) in [6.07, 6.45) is 4.70. The molecule has 2 aromatic rings. The Morgan fingerprint density at radius 1 is 1.28 bits per heavy atom. The van der Waals surface area contributed by atoms with E-state index in [0.717, 1.165) is 11.1 Å². The Bertz CT molecular complexity index is 865. The fourth-order valence-electron chi connectivity index (χ4n) is 2.57. The average Bonchev–Trinajstić information content (AvgIpc) is 3.05. The van der Waals surface area contributed by atoms with Crippen LogP contribution in [0.2, 0.25) is 0 Å². The molecule has 1 atom stereocenters. The summed E-state index contributed by atoms with van der Waals surface area (Å²) in [5.41, 5.74) is 5.43. The molecule has 1 heterocycles. The van der Waals surface area contributed by atoms with Crippen LogP contribution < -0.4 is 21.9 Å². The van der Waals surface area contributed by atoms with E-state index in [1.165, 1.54) is 43.5 Å². The molecule has 1 aromatic heterocycles. The number of amides is 1. The number of carbonyl (C=O) groups is 1. The minimum Gasteiger partial charge on any atom is -0.388 e. The lowest BCUT2D eigenvalue weighted by Crippen LogP contribution is -2.49. The van der Waals surface area contributed by atoms with Gasteiger partial charge in [-0.1, -0.05) is 33.1 Å². The zero-order valence-electron chi connectivity index (χ0n) is 16.5. The standard InChI is InChI=1S/C19H26FN5O3S/c1-3-4-5-6-13(2)11-21-18(29)23-22-16(26)12-25-19(27)28-17(24-25)14-7-9-15(20)10-8-14/h7-10,13H,3-6,11-12H2,1-2H3,(H,22,26)(H2,21,23,29)/t13-/m1/s1. The van der Waals surface area contributed by atoms with Crippen molar-refractivity contribution in [1.29, 1.82) is 0 Å². The van der Waals surface area contributed by atoms with Crippen molar-refractivity contribution >= 4 is 23.2 Å². The number of hydrogen-bond acceptors (Lipinski definition) is 5. The smallest absolute Gasteiger partial charge is 0.388 e. The highest BCUT2D eigenvalue weighted by molar-refractivity contribution is 7.80. The Kier molecular flexibility index (Phi) is 8.78. The molecule has 8 nitrogen and oxygen atoms in total. The van der Waals surface area contributed by atoms with Crippen LogP contribution in [0.1, 0.15) is 39.5 Å². The van der Waals surface area contributed by atoms with Crippen LogP contribution in [0.3, 0.4) is 0 Å². The predicted molar refractivity (Wildman–Crippen MR) is 111 cm³/mol. The largest absolute Gasteiger partial charge is 0.437 e. The Morgan fingerprint density at radius 2 is 2.00 bits per heavy atom. The lowest BCUT2D eigenvalue weighted by Gasteiger charge is -2.15. The van der Waals surface area contributed by atoms with Gasteiger partial charge in [-0.25, -0.2) is 9.18 Å². The highest BCUT2D eigenvalue weighted by Crippen LogP contribution is 2.15. The molecule has 0 aliphatic rings. The number of thiocarbonyl (C=S) groups is 1. The third-order valence-electron chi connectivity index (χ3n) is 4.22. The van der Waals surface area contributed by atoms with E-state index < -0.39 is 17.5 Å². The zero-order valence-corrected chi connectivity index (χ0v) is 17.4. The predicted octanol–water partition coefficient (Wildman–Crippen LogP) is 2.35. The van der Waals surface area contributed by atoms with Crippen LogP contribution in [0.5, 0.6) is 0 Å². The molecule has 0 spiro atoms. The number of rotatable bonds is 9. The van der Waals surface area contributed by atoms with Gasteiger partial charge in [-0.15, -0.1) is 5.10 Å². The van der Waals surface area contributed by atoms with Gasteiger partial charge in [0.1, 0.15) is 12.4 Å². The molecule has 1 amide bonds. The Balaban J connectivity index is 1.77. The molecule has 0 aliphatic heterocycles. The van der Waals surface area contributed by atoms with Gasteiger partial charge in [-0.2, -0.15) is 4.68 Å². The van der Waals surface area contributed by atoms with Crippen molar-refractivity contribution in [3.8, 4) is 11.5 Å². The van der Waals surface area contributed by atoms with E-state index in [9.17, 15) is 14.0 Å². The van der Waals surface area contributed by atoms with Crippen LogP contribution in [0.4, 0.5) is 4.39 Å². The number of unbranched alkanes of at least 4 members (excludes halogenated alkanes) is 2. The summed E-state index contributed by atoms with van der Waals surface area (Å²) in [4.78, 5) is 23.9. The van der Waals surface area contributed by atoms with E-state index in [-0.39, 0.29) is 12.4 Å². The summed E-state index contributed by atoms with van der Waals surface area (Å²) in [6, 6.07) is 5.31. The van der Waals surface area contributed by atoms with E-state index in [1.807, 2.05) is 0 Å². The van der Waals surface area contributed by atoms with Crippen molar-refractivity contribution in [2.75, 3.05) is 6.54 Å². The molecular formula is C19H26FN5O3S.